The zero-order chi connectivity index (χ0) is 31.3. The van der Waals surface area contributed by atoms with Gasteiger partial charge in [0.1, 0.15) is 6.54 Å². The lowest BCUT2D eigenvalue weighted by Crippen LogP contribution is -2.29. The van der Waals surface area contributed by atoms with E-state index in [2.05, 4.69) is 9.48 Å². The molecule has 42 heavy (non-hydrogen) atoms. The van der Waals surface area contributed by atoms with E-state index in [1.165, 1.54) is 24.3 Å². The van der Waals surface area contributed by atoms with Crippen molar-refractivity contribution in [3.8, 4) is 0 Å². The molecule has 2 aliphatic heterocycles. The van der Waals surface area contributed by atoms with Crippen molar-refractivity contribution >= 4 is 43.3 Å². The minimum Gasteiger partial charge on any atom is -0.481 e. The fraction of sp³-hybridized carbons (Fsp3) is 0.400. The van der Waals surface area contributed by atoms with Gasteiger partial charge in [0.2, 0.25) is 5.69 Å². The van der Waals surface area contributed by atoms with Gasteiger partial charge in [-0.25, -0.2) is 0 Å². The van der Waals surface area contributed by atoms with Crippen molar-refractivity contribution in [3.05, 3.63) is 71.5 Å². The summed E-state index contributed by atoms with van der Waals surface area (Å²) < 4.78 is 69.0. The summed E-state index contributed by atoms with van der Waals surface area (Å²) in [5, 5.41) is 9.27. The van der Waals surface area contributed by atoms with E-state index >= 15 is 0 Å². The van der Waals surface area contributed by atoms with Crippen LogP contribution in [0.15, 0.2) is 70.1 Å². The van der Waals surface area contributed by atoms with Crippen molar-refractivity contribution in [2.24, 2.45) is 0 Å². The number of fused-ring (bicyclic) bond motifs is 2. The maximum atomic E-state index is 12.0. The Bertz CT molecular complexity index is 1750. The zero-order valence-corrected chi connectivity index (χ0v) is 26.0. The molecule has 0 aliphatic carbocycles. The van der Waals surface area contributed by atoms with Gasteiger partial charge in [0, 0.05) is 47.5 Å². The van der Waals surface area contributed by atoms with Gasteiger partial charge in [-0.1, -0.05) is 6.08 Å². The molecule has 12 heteroatoms. The fourth-order valence-electron chi connectivity index (χ4n) is 6.28. The van der Waals surface area contributed by atoms with Crippen molar-refractivity contribution in [2.75, 3.05) is 18.0 Å². The number of carboxylic acids is 1. The van der Waals surface area contributed by atoms with Gasteiger partial charge in [0.05, 0.1) is 15.2 Å². The highest BCUT2D eigenvalue weighted by molar-refractivity contribution is 7.86. The van der Waals surface area contributed by atoms with Gasteiger partial charge in [-0.2, -0.15) is 21.4 Å². The van der Waals surface area contributed by atoms with E-state index in [0.717, 1.165) is 28.3 Å². The molecule has 0 unspecified atom stereocenters. The molecule has 2 aromatic carbocycles. The fourth-order valence-corrected chi connectivity index (χ4v) is 7.29. The first kappa shape index (κ1) is 31.6. The highest BCUT2D eigenvalue weighted by Gasteiger charge is 2.45. The van der Waals surface area contributed by atoms with Crippen LogP contribution in [-0.4, -0.2) is 60.4 Å². The Labute approximate surface area is 247 Å². The lowest BCUT2D eigenvalue weighted by molar-refractivity contribution is -0.433. The number of hydrogen-bond acceptors (Lipinski definition) is 6. The van der Waals surface area contributed by atoms with Gasteiger partial charge in [-0.3, -0.25) is 13.9 Å². The van der Waals surface area contributed by atoms with E-state index in [1.54, 1.807) is 12.1 Å². The van der Waals surface area contributed by atoms with E-state index in [4.69, 9.17) is 0 Å². The predicted octanol–water partition coefficient (Wildman–Crippen LogP) is 5.07. The van der Waals surface area contributed by atoms with Crippen molar-refractivity contribution in [1.82, 2.24) is 0 Å². The second-order valence-corrected chi connectivity index (χ2v) is 14.1. The lowest BCUT2D eigenvalue weighted by atomic mass is 9.77. The van der Waals surface area contributed by atoms with E-state index < -0.39 is 37.0 Å². The monoisotopic (exact) mass is 617 g/mol. The zero-order valence-electron chi connectivity index (χ0n) is 24.3. The number of carboxylic acid groups (broad SMARTS) is 1. The normalized spacial score (nSPS) is 20.9. The molecule has 1 atom stereocenters. The quantitative estimate of drug-likeness (QED) is 0.245. The molecule has 0 radical (unpaired) electrons. The molecular weight excluding hydrogens is 580 g/mol. The summed E-state index contributed by atoms with van der Waals surface area (Å²) in [5.74, 6) is -0.919. The predicted molar refractivity (Wildman–Crippen MR) is 160 cm³/mol. The van der Waals surface area contributed by atoms with Crippen LogP contribution in [0.2, 0.25) is 0 Å². The molecule has 4 rings (SSSR count). The number of hydrogen-bond donors (Lipinski definition) is 3. The van der Waals surface area contributed by atoms with Gasteiger partial charge in [0.15, 0.2) is 5.71 Å². The molecular formula is C30H37N2O8S2+. The van der Waals surface area contributed by atoms with Crippen LogP contribution in [-0.2, 0) is 35.9 Å². The topological polar surface area (TPSA) is 152 Å². The molecule has 226 valence electrons. The largest absolute Gasteiger partial charge is 0.481 e. The van der Waals surface area contributed by atoms with Gasteiger partial charge in [-0.15, -0.1) is 0 Å². The first-order valence-corrected chi connectivity index (χ1v) is 16.6. The summed E-state index contributed by atoms with van der Waals surface area (Å²) in [6, 6.07) is 9.09. The number of allylic oxidation sites excluding steroid dienone is 4. The summed E-state index contributed by atoms with van der Waals surface area (Å²) in [6.07, 6.45) is 6.56. The highest BCUT2D eigenvalue weighted by Crippen LogP contribution is 2.51. The molecule has 0 bridgehead atoms. The Hall–Kier alpha value is -3.32. The molecule has 0 amide bonds. The van der Waals surface area contributed by atoms with Crippen LogP contribution in [0.1, 0.15) is 65.0 Å². The molecule has 2 aromatic rings. The van der Waals surface area contributed by atoms with Gasteiger partial charge in [-0.05, 0) is 89.4 Å². The molecule has 10 nitrogen and oxygen atoms in total. The summed E-state index contributed by atoms with van der Waals surface area (Å²) >= 11 is 0. The van der Waals surface area contributed by atoms with Crippen molar-refractivity contribution in [2.45, 2.75) is 74.5 Å². The first-order valence-electron chi connectivity index (χ1n) is 13.7. The SMILES string of the molecule is CCN1/C(=C/C=C/C2=[N+](CC)c3ccc(S(=O)(=O)O)cc3C2(C)C)[C@](C)(CCCC(=O)O)c2cc(S(=O)(=O)O)ccc21. The number of likely N-dealkylation sites (N-methyl/N-ethyl adjacent to an activating group) is 1. The summed E-state index contributed by atoms with van der Waals surface area (Å²) in [4.78, 5) is 13.0. The third kappa shape index (κ3) is 5.56. The van der Waals surface area contributed by atoms with Crippen LogP contribution < -0.4 is 4.90 Å². The van der Waals surface area contributed by atoms with E-state index in [9.17, 15) is 35.8 Å². The smallest absolute Gasteiger partial charge is 0.303 e. The second kappa shape index (κ2) is 11.1. The Morgan fingerprint density at radius 2 is 1.55 bits per heavy atom. The number of aliphatic carboxylic acids is 1. The Kier molecular flexibility index (Phi) is 8.33. The summed E-state index contributed by atoms with van der Waals surface area (Å²) in [7, 11) is -8.82. The molecule has 2 aliphatic rings. The molecule has 0 spiro atoms. The minimum atomic E-state index is -4.45. The van der Waals surface area contributed by atoms with Crippen molar-refractivity contribution < 1.29 is 40.4 Å². The summed E-state index contributed by atoms with van der Waals surface area (Å²) in [6.45, 7) is 11.1. The van der Waals surface area contributed by atoms with Crippen LogP contribution in [0.4, 0.5) is 11.4 Å². The Balaban J connectivity index is 1.82. The van der Waals surface area contributed by atoms with Crippen molar-refractivity contribution in [3.63, 3.8) is 0 Å². The van der Waals surface area contributed by atoms with E-state index in [-0.39, 0.29) is 16.2 Å². The molecule has 0 saturated heterocycles. The third-order valence-electron chi connectivity index (χ3n) is 8.38. The molecule has 0 aromatic heterocycles. The molecule has 3 N–H and O–H groups in total. The van der Waals surface area contributed by atoms with Crippen LogP contribution in [0, 0.1) is 0 Å². The van der Waals surface area contributed by atoms with Crippen LogP contribution in [0.25, 0.3) is 0 Å². The Morgan fingerprint density at radius 3 is 2.10 bits per heavy atom. The number of anilines is 1. The standard InChI is InChI=1S/C30H36N2O8S2/c1-6-31-24-15-13-20(41(35,36)37)18-22(24)29(3,4)26(31)10-8-11-27-30(5,17-9-12-28(33)34)23-19-21(42(38,39)40)14-16-25(23)32(27)7-2/h8,10-11,13-16,18-19H,6-7,9,12,17H2,1-5H3,(H2-,33,34,35,36,37,38,39,40)/p+1/t30-/m1/s1. The third-order valence-corrected chi connectivity index (χ3v) is 10.1. The Morgan fingerprint density at radius 1 is 0.952 bits per heavy atom. The average Bonchev–Trinajstić information content (AvgIpc) is 3.26. The number of carbonyl (C=O) groups is 1. The van der Waals surface area contributed by atoms with Gasteiger partial charge < -0.3 is 10.0 Å². The average molecular weight is 618 g/mol. The molecule has 0 saturated carbocycles. The lowest BCUT2D eigenvalue weighted by Gasteiger charge is -2.30. The van der Waals surface area contributed by atoms with Crippen LogP contribution >= 0.6 is 0 Å². The van der Waals surface area contributed by atoms with Crippen LogP contribution in [0.5, 0.6) is 0 Å². The van der Waals surface area contributed by atoms with Crippen molar-refractivity contribution in [1.29, 1.82) is 0 Å². The maximum Gasteiger partial charge on any atom is 0.303 e. The number of nitrogens with zero attached hydrogens (tertiary/aromatic N) is 2. The minimum absolute atomic E-state index is 0.0421. The van der Waals surface area contributed by atoms with E-state index in [0.29, 0.717) is 31.5 Å². The molecule has 2 heterocycles. The van der Waals surface area contributed by atoms with Gasteiger partial charge >= 0.3 is 5.97 Å². The number of benzene rings is 2. The summed E-state index contributed by atoms with van der Waals surface area (Å²) in [5.41, 5.74) is 3.56. The van der Waals surface area contributed by atoms with Gasteiger partial charge in [0.25, 0.3) is 20.2 Å². The molecule has 0 fully saturated rings. The van der Waals surface area contributed by atoms with Crippen LogP contribution in [0.3, 0.4) is 0 Å². The van der Waals surface area contributed by atoms with E-state index in [1.807, 2.05) is 52.8 Å². The maximum absolute atomic E-state index is 12.0. The first-order chi connectivity index (χ1) is 19.5. The second-order valence-electron chi connectivity index (χ2n) is 11.3. The number of rotatable bonds is 10. The highest BCUT2D eigenvalue weighted by atomic mass is 32.2.